The molecule has 4 heterocycles. The Morgan fingerprint density at radius 3 is 2.76 bits per heavy atom. The number of hydrogen-bond acceptors (Lipinski definition) is 7. The van der Waals surface area contributed by atoms with Gasteiger partial charge in [-0.1, -0.05) is 30.3 Å². The number of furan rings is 1. The molecule has 7 nitrogen and oxygen atoms in total. The minimum atomic E-state index is -0.0962. The first-order valence-electron chi connectivity index (χ1n) is 9.19. The predicted molar refractivity (Wildman–Crippen MR) is 112 cm³/mol. The minimum Gasteiger partial charge on any atom is -0.463 e. The number of aromatic nitrogens is 3. The molecule has 1 N–H and O–H groups in total. The van der Waals surface area contributed by atoms with Crippen molar-refractivity contribution in [2.75, 3.05) is 23.3 Å². The molecule has 1 aliphatic rings. The first-order valence-corrected chi connectivity index (χ1v) is 10.1. The highest BCUT2D eigenvalue weighted by atomic mass is 32.1. The van der Waals surface area contributed by atoms with Crippen LogP contribution in [0.25, 0.3) is 22.7 Å². The molecule has 1 aromatic carbocycles. The van der Waals surface area contributed by atoms with Gasteiger partial charge in [-0.3, -0.25) is 4.79 Å². The standard InChI is InChI=1S/C21H17N5O2S/c27-20(25-21-24-17(12-29-21)18-7-4-8-28-18)15-10-26(11-15)19-9-16(22-13-23-19)14-5-2-1-3-6-14/h1-9,12-13,15H,10-11H2,(H,24,25,27). The molecule has 144 valence electrons. The van der Waals surface area contributed by atoms with Gasteiger partial charge in [0.15, 0.2) is 10.9 Å². The molecule has 29 heavy (non-hydrogen) atoms. The summed E-state index contributed by atoms with van der Waals surface area (Å²) in [7, 11) is 0. The van der Waals surface area contributed by atoms with Crippen LogP contribution in [0.15, 0.2) is 70.9 Å². The van der Waals surface area contributed by atoms with E-state index in [-0.39, 0.29) is 11.8 Å². The van der Waals surface area contributed by atoms with Crippen molar-refractivity contribution < 1.29 is 9.21 Å². The summed E-state index contributed by atoms with van der Waals surface area (Å²) < 4.78 is 5.34. The fraction of sp³-hybridized carbons (Fsp3) is 0.143. The molecule has 0 bridgehead atoms. The number of thiazole rings is 1. The maximum Gasteiger partial charge on any atom is 0.232 e. The molecule has 0 spiro atoms. The van der Waals surface area contributed by atoms with Crippen LogP contribution >= 0.6 is 11.3 Å². The lowest BCUT2D eigenvalue weighted by Gasteiger charge is -2.38. The van der Waals surface area contributed by atoms with Crippen molar-refractivity contribution in [1.82, 2.24) is 15.0 Å². The number of rotatable bonds is 5. The number of carbonyl (C=O) groups is 1. The van der Waals surface area contributed by atoms with Crippen molar-refractivity contribution >= 4 is 28.2 Å². The lowest BCUT2D eigenvalue weighted by atomic mass is 9.99. The van der Waals surface area contributed by atoms with Gasteiger partial charge in [0.05, 0.1) is 17.9 Å². The largest absolute Gasteiger partial charge is 0.463 e. The number of carbonyl (C=O) groups excluding carboxylic acids is 1. The number of amides is 1. The molecule has 0 radical (unpaired) electrons. The SMILES string of the molecule is O=C(Nc1nc(-c2ccco2)cs1)C1CN(c2cc(-c3ccccc3)ncn2)C1. The molecule has 4 aromatic rings. The average Bonchev–Trinajstić information content (AvgIpc) is 3.40. The van der Waals surface area contributed by atoms with Gasteiger partial charge in [0.2, 0.25) is 5.91 Å². The van der Waals surface area contributed by atoms with E-state index in [9.17, 15) is 4.79 Å². The third-order valence-electron chi connectivity index (χ3n) is 4.81. The fourth-order valence-corrected chi connectivity index (χ4v) is 3.90. The third-order valence-corrected chi connectivity index (χ3v) is 5.56. The van der Waals surface area contributed by atoms with E-state index >= 15 is 0 Å². The summed E-state index contributed by atoms with van der Waals surface area (Å²) in [6.45, 7) is 1.24. The first kappa shape index (κ1) is 17.6. The van der Waals surface area contributed by atoms with Crippen LogP contribution in [-0.2, 0) is 4.79 Å². The molecule has 0 saturated carbocycles. The van der Waals surface area contributed by atoms with Gasteiger partial charge >= 0.3 is 0 Å². The van der Waals surface area contributed by atoms with E-state index in [1.165, 1.54) is 11.3 Å². The van der Waals surface area contributed by atoms with Gasteiger partial charge in [-0.2, -0.15) is 0 Å². The van der Waals surface area contributed by atoms with Crippen LogP contribution in [0.3, 0.4) is 0 Å². The zero-order valence-electron chi connectivity index (χ0n) is 15.4. The monoisotopic (exact) mass is 403 g/mol. The summed E-state index contributed by atoms with van der Waals surface area (Å²) in [6.07, 6.45) is 3.17. The van der Waals surface area contributed by atoms with Crippen molar-refractivity contribution in [2.24, 2.45) is 5.92 Å². The molecule has 1 fully saturated rings. The molecule has 1 saturated heterocycles. The predicted octanol–water partition coefficient (Wildman–Crippen LogP) is 3.94. The molecule has 1 amide bonds. The Morgan fingerprint density at radius 1 is 1.10 bits per heavy atom. The normalized spacial score (nSPS) is 13.9. The Bertz CT molecular complexity index is 1120. The molecule has 3 aromatic heterocycles. The number of benzene rings is 1. The average molecular weight is 403 g/mol. The molecule has 8 heteroatoms. The van der Waals surface area contributed by atoms with E-state index in [2.05, 4.69) is 25.2 Å². The van der Waals surface area contributed by atoms with E-state index < -0.39 is 0 Å². The third kappa shape index (κ3) is 3.62. The molecule has 0 atom stereocenters. The van der Waals surface area contributed by atoms with E-state index in [0.717, 1.165) is 22.8 Å². The molecule has 0 aliphatic carbocycles. The van der Waals surface area contributed by atoms with Crippen LogP contribution < -0.4 is 10.2 Å². The van der Waals surface area contributed by atoms with Gasteiger partial charge in [-0.15, -0.1) is 11.3 Å². The van der Waals surface area contributed by atoms with Crippen LogP contribution in [-0.4, -0.2) is 33.9 Å². The van der Waals surface area contributed by atoms with Gasteiger partial charge in [-0.05, 0) is 12.1 Å². The van der Waals surface area contributed by atoms with Crippen LogP contribution in [0, 0.1) is 5.92 Å². The maximum absolute atomic E-state index is 12.5. The number of hydrogen-bond donors (Lipinski definition) is 1. The van der Waals surface area contributed by atoms with Crippen molar-refractivity contribution in [1.29, 1.82) is 0 Å². The van der Waals surface area contributed by atoms with Crippen molar-refractivity contribution in [2.45, 2.75) is 0 Å². The number of anilines is 2. The minimum absolute atomic E-state index is 0.0288. The van der Waals surface area contributed by atoms with Gasteiger partial charge in [-0.25, -0.2) is 15.0 Å². The zero-order chi connectivity index (χ0) is 19.6. The fourth-order valence-electron chi connectivity index (χ4n) is 3.19. The quantitative estimate of drug-likeness (QED) is 0.543. The van der Waals surface area contributed by atoms with Gasteiger partial charge in [0.25, 0.3) is 0 Å². The van der Waals surface area contributed by atoms with E-state index in [4.69, 9.17) is 4.42 Å². The highest BCUT2D eigenvalue weighted by Crippen LogP contribution is 2.28. The molecular weight excluding hydrogens is 386 g/mol. The van der Waals surface area contributed by atoms with Crippen LogP contribution in [0.1, 0.15) is 0 Å². The first-order chi connectivity index (χ1) is 14.3. The summed E-state index contributed by atoms with van der Waals surface area (Å²) in [5.41, 5.74) is 2.64. The smallest absolute Gasteiger partial charge is 0.232 e. The van der Waals surface area contributed by atoms with E-state index in [1.807, 2.05) is 53.9 Å². The van der Waals surface area contributed by atoms with Gasteiger partial charge in [0, 0.05) is 30.1 Å². The Balaban J connectivity index is 1.21. The summed E-state index contributed by atoms with van der Waals surface area (Å²) in [6, 6.07) is 15.6. The summed E-state index contributed by atoms with van der Waals surface area (Å²) in [5, 5.41) is 5.35. The second-order valence-corrected chi connectivity index (χ2v) is 7.59. The highest BCUT2D eigenvalue weighted by Gasteiger charge is 2.34. The Labute approximate surface area is 171 Å². The van der Waals surface area contributed by atoms with Crippen LogP contribution in [0.4, 0.5) is 10.9 Å². The second-order valence-electron chi connectivity index (χ2n) is 6.73. The van der Waals surface area contributed by atoms with Gasteiger partial charge < -0.3 is 14.6 Å². The zero-order valence-corrected chi connectivity index (χ0v) is 16.2. The highest BCUT2D eigenvalue weighted by molar-refractivity contribution is 7.14. The molecule has 0 unspecified atom stereocenters. The Hall–Kier alpha value is -3.52. The summed E-state index contributed by atoms with van der Waals surface area (Å²) in [5.74, 6) is 1.40. The van der Waals surface area contributed by atoms with Crippen molar-refractivity contribution in [3.05, 3.63) is 66.5 Å². The lowest BCUT2D eigenvalue weighted by Crippen LogP contribution is -2.52. The number of nitrogens with one attached hydrogen (secondary N) is 1. The molecule has 1 aliphatic heterocycles. The number of nitrogens with zero attached hydrogens (tertiary/aromatic N) is 4. The topological polar surface area (TPSA) is 84.2 Å². The maximum atomic E-state index is 12.5. The van der Waals surface area contributed by atoms with Crippen LogP contribution in [0.5, 0.6) is 0 Å². The summed E-state index contributed by atoms with van der Waals surface area (Å²) >= 11 is 1.39. The van der Waals surface area contributed by atoms with Crippen LogP contribution in [0.2, 0.25) is 0 Å². The van der Waals surface area contributed by atoms with E-state index in [0.29, 0.717) is 24.0 Å². The Kier molecular flexibility index (Phi) is 4.53. The van der Waals surface area contributed by atoms with Crippen molar-refractivity contribution in [3.8, 4) is 22.7 Å². The summed E-state index contributed by atoms with van der Waals surface area (Å²) in [4.78, 5) is 27.7. The van der Waals surface area contributed by atoms with Gasteiger partial charge in [0.1, 0.15) is 17.8 Å². The van der Waals surface area contributed by atoms with E-state index in [1.54, 1.807) is 12.6 Å². The molecule has 5 rings (SSSR count). The second kappa shape index (κ2) is 7.48. The Morgan fingerprint density at radius 2 is 1.97 bits per heavy atom. The lowest BCUT2D eigenvalue weighted by molar-refractivity contribution is -0.120. The molecular formula is C21H17N5O2S. The van der Waals surface area contributed by atoms with Crippen molar-refractivity contribution in [3.63, 3.8) is 0 Å².